The maximum atomic E-state index is 12.8. The number of pyridine rings is 2. The molecule has 2 heterocycles. The molecule has 0 bridgehead atoms. The molecular weight excluding hydrogens is 261 g/mol. The Balaban J connectivity index is 2.50. The van der Waals surface area contributed by atoms with Gasteiger partial charge in [-0.15, -0.1) is 0 Å². The predicted molar refractivity (Wildman–Crippen MR) is 59.4 cm³/mol. The number of aromatic nitrogens is 2. The first-order valence-corrected chi connectivity index (χ1v) is 5.11. The SMILES string of the molecule is O=C(O)c1ccc(-c2ncccc2C(F)(F)F)nc1. The fourth-order valence-electron chi connectivity index (χ4n) is 1.50. The van der Waals surface area contributed by atoms with Crippen molar-refractivity contribution in [1.29, 1.82) is 0 Å². The highest BCUT2D eigenvalue weighted by atomic mass is 19.4. The molecule has 0 spiro atoms. The molecule has 0 atom stereocenters. The lowest BCUT2D eigenvalue weighted by molar-refractivity contribution is -0.137. The highest BCUT2D eigenvalue weighted by Crippen LogP contribution is 2.34. The van der Waals surface area contributed by atoms with Crippen molar-refractivity contribution in [2.75, 3.05) is 0 Å². The molecule has 2 aromatic heterocycles. The molecule has 19 heavy (non-hydrogen) atoms. The minimum atomic E-state index is -4.54. The molecule has 0 saturated heterocycles. The molecule has 2 rings (SSSR count). The average Bonchev–Trinajstić information content (AvgIpc) is 2.38. The number of carbonyl (C=O) groups is 1. The number of carboxylic acid groups (broad SMARTS) is 1. The van der Waals surface area contributed by atoms with Crippen LogP contribution in [0.1, 0.15) is 15.9 Å². The first kappa shape index (κ1) is 13.0. The highest BCUT2D eigenvalue weighted by molar-refractivity contribution is 5.87. The summed E-state index contributed by atoms with van der Waals surface area (Å²) in [7, 11) is 0. The molecule has 0 aliphatic heterocycles. The fraction of sp³-hybridized carbons (Fsp3) is 0.0833. The third-order valence-electron chi connectivity index (χ3n) is 2.37. The molecule has 7 heteroatoms. The Labute approximate surface area is 105 Å². The molecule has 4 nitrogen and oxygen atoms in total. The largest absolute Gasteiger partial charge is 0.478 e. The smallest absolute Gasteiger partial charge is 0.418 e. The van der Waals surface area contributed by atoms with Crippen LogP contribution in [-0.4, -0.2) is 21.0 Å². The highest BCUT2D eigenvalue weighted by Gasteiger charge is 2.34. The van der Waals surface area contributed by atoms with Crippen molar-refractivity contribution in [3.05, 3.63) is 47.8 Å². The fourth-order valence-corrected chi connectivity index (χ4v) is 1.50. The lowest BCUT2D eigenvalue weighted by Gasteiger charge is -2.10. The number of hydrogen-bond acceptors (Lipinski definition) is 3. The van der Waals surface area contributed by atoms with Crippen molar-refractivity contribution in [2.45, 2.75) is 6.18 Å². The van der Waals surface area contributed by atoms with Gasteiger partial charge in [0.15, 0.2) is 0 Å². The average molecular weight is 268 g/mol. The second kappa shape index (κ2) is 4.68. The van der Waals surface area contributed by atoms with Crippen molar-refractivity contribution in [2.24, 2.45) is 0 Å². The van der Waals surface area contributed by atoms with E-state index < -0.39 is 17.7 Å². The van der Waals surface area contributed by atoms with E-state index in [4.69, 9.17) is 5.11 Å². The number of halogens is 3. The van der Waals surface area contributed by atoms with E-state index >= 15 is 0 Å². The molecule has 0 amide bonds. The molecule has 0 aliphatic carbocycles. The summed E-state index contributed by atoms with van der Waals surface area (Å²) in [5, 5.41) is 8.69. The molecule has 0 aliphatic rings. The van der Waals surface area contributed by atoms with E-state index in [1.165, 1.54) is 24.4 Å². The Morgan fingerprint density at radius 2 is 1.89 bits per heavy atom. The maximum absolute atomic E-state index is 12.8. The Kier molecular flexibility index (Phi) is 3.20. The number of alkyl halides is 3. The van der Waals surface area contributed by atoms with Crippen LogP contribution in [0.15, 0.2) is 36.7 Å². The summed E-state index contributed by atoms with van der Waals surface area (Å²) in [6, 6.07) is 4.45. The quantitative estimate of drug-likeness (QED) is 0.909. The number of aromatic carboxylic acids is 1. The third kappa shape index (κ3) is 2.70. The summed E-state index contributed by atoms with van der Waals surface area (Å²) in [6.45, 7) is 0. The first-order valence-electron chi connectivity index (χ1n) is 5.11. The van der Waals surface area contributed by atoms with Crippen molar-refractivity contribution in [3.63, 3.8) is 0 Å². The van der Waals surface area contributed by atoms with Crippen molar-refractivity contribution >= 4 is 5.97 Å². The van der Waals surface area contributed by atoms with Crippen LogP contribution in [0, 0.1) is 0 Å². The molecule has 1 N–H and O–H groups in total. The molecule has 0 unspecified atom stereocenters. The molecule has 0 fully saturated rings. The van der Waals surface area contributed by atoms with E-state index in [1.807, 2.05) is 0 Å². The Morgan fingerprint density at radius 3 is 2.42 bits per heavy atom. The van der Waals surface area contributed by atoms with E-state index in [-0.39, 0.29) is 17.0 Å². The lowest BCUT2D eigenvalue weighted by Crippen LogP contribution is -2.09. The summed E-state index contributed by atoms with van der Waals surface area (Å²) >= 11 is 0. The Morgan fingerprint density at radius 1 is 1.16 bits per heavy atom. The van der Waals surface area contributed by atoms with E-state index in [9.17, 15) is 18.0 Å². The summed E-state index contributed by atoms with van der Waals surface area (Å²) in [6.07, 6.45) is -2.33. The van der Waals surface area contributed by atoms with Gasteiger partial charge in [0.1, 0.15) is 5.69 Å². The number of hydrogen-bond donors (Lipinski definition) is 1. The zero-order valence-corrected chi connectivity index (χ0v) is 9.35. The first-order chi connectivity index (χ1) is 8.89. The lowest BCUT2D eigenvalue weighted by atomic mass is 10.1. The van der Waals surface area contributed by atoms with Crippen LogP contribution in [0.4, 0.5) is 13.2 Å². The van der Waals surface area contributed by atoms with Crippen LogP contribution >= 0.6 is 0 Å². The van der Waals surface area contributed by atoms with Gasteiger partial charge in [-0.05, 0) is 24.3 Å². The van der Waals surface area contributed by atoms with Crippen LogP contribution in [0.5, 0.6) is 0 Å². The Bertz CT molecular complexity index is 609. The van der Waals surface area contributed by atoms with Gasteiger partial charge in [-0.25, -0.2) is 4.79 Å². The van der Waals surface area contributed by atoms with Crippen LogP contribution in [-0.2, 0) is 6.18 Å². The maximum Gasteiger partial charge on any atom is 0.418 e. The molecule has 0 aromatic carbocycles. The summed E-state index contributed by atoms with van der Waals surface area (Å²) in [5.74, 6) is -1.20. The minimum absolute atomic E-state index is 0.0297. The van der Waals surface area contributed by atoms with Crippen LogP contribution < -0.4 is 0 Å². The second-order valence-corrected chi connectivity index (χ2v) is 3.63. The van der Waals surface area contributed by atoms with Gasteiger partial charge in [0.2, 0.25) is 0 Å². The van der Waals surface area contributed by atoms with Gasteiger partial charge >= 0.3 is 12.1 Å². The van der Waals surface area contributed by atoms with Crippen molar-refractivity contribution < 1.29 is 23.1 Å². The van der Waals surface area contributed by atoms with E-state index in [1.54, 1.807) is 0 Å². The van der Waals surface area contributed by atoms with Crippen LogP contribution in [0.2, 0.25) is 0 Å². The van der Waals surface area contributed by atoms with Gasteiger partial charge in [-0.1, -0.05) is 0 Å². The van der Waals surface area contributed by atoms with Gasteiger partial charge in [0.25, 0.3) is 0 Å². The molecule has 0 radical (unpaired) electrons. The topological polar surface area (TPSA) is 63.1 Å². The minimum Gasteiger partial charge on any atom is -0.478 e. The van der Waals surface area contributed by atoms with E-state index in [0.717, 1.165) is 12.3 Å². The normalized spacial score (nSPS) is 11.3. The standard InChI is InChI=1S/C12H7F3N2O2/c13-12(14,15)8-2-1-5-16-10(8)9-4-3-7(6-17-9)11(18)19/h1-6H,(H,18,19). The van der Waals surface area contributed by atoms with Gasteiger partial charge in [-0.3, -0.25) is 9.97 Å². The zero-order valence-electron chi connectivity index (χ0n) is 9.35. The van der Waals surface area contributed by atoms with Gasteiger partial charge in [0, 0.05) is 12.4 Å². The third-order valence-corrected chi connectivity index (χ3v) is 2.37. The van der Waals surface area contributed by atoms with Crippen molar-refractivity contribution in [3.8, 4) is 11.4 Å². The number of rotatable bonds is 2. The molecule has 2 aromatic rings. The predicted octanol–water partition coefficient (Wildman–Crippen LogP) is 2.86. The second-order valence-electron chi connectivity index (χ2n) is 3.63. The zero-order chi connectivity index (χ0) is 14.0. The van der Waals surface area contributed by atoms with Crippen LogP contribution in [0.25, 0.3) is 11.4 Å². The van der Waals surface area contributed by atoms with E-state index in [0.29, 0.717) is 0 Å². The number of nitrogens with zero attached hydrogens (tertiary/aromatic N) is 2. The molecule has 0 saturated carbocycles. The van der Waals surface area contributed by atoms with Crippen molar-refractivity contribution in [1.82, 2.24) is 9.97 Å². The van der Waals surface area contributed by atoms with Gasteiger partial charge in [-0.2, -0.15) is 13.2 Å². The molecular formula is C12H7F3N2O2. The summed E-state index contributed by atoms with van der Waals surface area (Å²) in [5.41, 5.74) is -1.37. The Hall–Kier alpha value is -2.44. The van der Waals surface area contributed by atoms with Gasteiger partial charge < -0.3 is 5.11 Å². The van der Waals surface area contributed by atoms with Gasteiger partial charge in [0.05, 0.1) is 16.8 Å². The number of carboxylic acids is 1. The summed E-state index contributed by atoms with van der Waals surface area (Å²) in [4.78, 5) is 18.0. The molecule has 98 valence electrons. The van der Waals surface area contributed by atoms with E-state index in [2.05, 4.69) is 9.97 Å². The monoisotopic (exact) mass is 268 g/mol. The summed E-state index contributed by atoms with van der Waals surface area (Å²) < 4.78 is 38.3. The van der Waals surface area contributed by atoms with Crippen LogP contribution in [0.3, 0.4) is 0 Å².